The summed E-state index contributed by atoms with van der Waals surface area (Å²) in [5, 5.41) is 18.8. The number of carbonyl (C=O) groups excluding carboxylic acids is 1. The molecule has 0 atom stereocenters. The Morgan fingerprint density at radius 1 is 0.926 bits per heavy atom. The van der Waals surface area contributed by atoms with Gasteiger partial charge < -0.3 is 24.3 Å². The Labute approximate surface area is 399 Å². The molecule has 2 N–H and O–H groups in total. The number of carbonyl (C=O) groups is 1. The molecule has 1 spiro atoms. The lowest BCUT2D eigenvalue weighted by Crippen LogP contribution is -2.47. The molecule has 6 aromatic rings. The summed E-state index contributed by atoms with van der Waals surface area (Å²) in [4.78, 5) is 40.8. The van der Waals surface area contributed by atoms with Crippen LogP contribution in [-0.2, 0) is 21.3 Å². The van der Waals surface area contributed by atoms with Gasteiger partial charge in [-0.3, -0.25) is 24.5 Å². The average Bonchev–Trinajstić information content (AvgIpc) is 3.91. The van der Waals surface area contributed by atoms with Crippen LogP contribution < -0.4 is 19.3 Å². The van der Waals surface area contributed by atoms with E-state index < -0.39 is 31.4 Å². The Morgan fingerprint density at radius 2 is 1.74 bits per heavy atom. The summed E-state index contributed by atoms with van der Waals surface area (Å²) in [6.45, 7) is 6.62. The van der Waals surface area contributed by atoms with Crippen molar-refractivity contribution in [2.24, 2.45) is 11.3 Å². The van der Waals surface area contributed by atoms with E-state index in [1.54, 1.807) is 16.9 Å². The molecule has 2 saturated heterocycles. The fraction of sp³-hybridized carbons (Fsp3) is 0.420. The molecule has 1 amide bonds. The number of allylic oxidation sites excluding steroid dienone is 1. The lowest BCUT2D eigenvalue weighted by atomic mass is 9.59. The molecule has 354 valence electrons. The molecule has 2 aliphatic carbocycles. The van der Waals surface area contributed by atoms with Gasteiger partial charge in [0.15, 0.2) is 0 Å². The largest absolute Gasteiger partial charge is 0.476 e. The maximum atomic E-state index is 14.5. The smallest absolute Gasteiger partial charge is 0.296 e. The summed E-state index contributed by atoms with van der Waals surface area (Å²) < 4.78 is 43.9. The minimum atomic E-state index is -4.63. The molecule has 3 aromatic heterocycles. The van der Waals surface area contributed by atoms with Crippen LogP contribution in [-0.4, -0.2) is 103 Å². The molecular weight excluding hydrogens is 906 g/mol. The summed E-state index contributed by atoms with van der Waals surface area (Å²) in [6.07, 6.45) is 12.8. The molecule has 0 radical (unpaired) electrons. The monoisotopic (exact) mass is 959 g/mol. The van der Waals surface area contributed by atoms with Gasteiger partial charge in [0.1, 0.15) is 16.9 Å². The van der Waals surface area contributed by atoms with E-state index >= 15 is 0 Å². The van der Waals surface area contributed by atoms with Crippen molar-refractivity contribution in [1.29, 1.82) is 0 Å². The zero-order valence-corrected chi connectivity index (χ0v) is 39.4. The molecular formula is C50H54ClN9O7S. The molecule has 6 heterocycles. The van der Waals surface area contributed by atoms with Crippen molar-refractivity contribution in [3.8, 4) is 5.88 Å². The SMILES string of the molecule is O=C(NS(=O)(=O)c1cc([N+](=O)[O-])c2c(cnn2CC2CCOCC2)c1)c1ccc(N2CCN(CC3=C(c4ccc(Cl)cc4)CC4(CCC4)CC3)CC2)cc1N1CCCOc2nc3[nH]ccc3cc21. The topological polar surface area (TPSA) is 181 Å². The fourth-order valence-corrected chi connectivity index (χ4v) is 12.1. The highest BCUT2D eigenvalue weighted by molar-refractivity contribution is 7.90. The molecule has 11 rings (SSSR count). The highest BCUT2D eigenvalue weighted by Crippen LogP contribution is 2.55. The number of benzene rings is 3. The number of piperazine rings is 1. The van der Waals surface area contributed by atoms with E-state index in [0.29, 0.717) is 67.6 Å². The zero-order chi connectivity index (χ0) is 46.6. The number of anilines is 3. The highest BCUT2D eigenvalue weighted by atomic mass is 35.5. The third kappa shape index (κ3) is 8.69. The number of hydrogen-bond acceptors (Lipinski definition) is 12. The summed E-state index contributed by atoms with van der Waals surface area (Å²) in [5.74, 6) is -0.269. The number of halogens is 1. The number of aromatic amines is 1. The number of nitro benzene ring substituents is 1. The number of pyridine rings is 1. The Morgan fingerprint density at radius 3 is 2.50 bits per heavy atom. The number of rotatable bonds is 11. The highest BCUT2D eigenvalue weighted by Gasteiger charge is 2.41. The number of nitrogens with one attached hydrogen (secondary N) is 2. The van der Waals surface area contributed by atoms with Gasteiger partial charge in [-0.05, 0) is 122 Å². The molecule has 3 aromatic carbocycles. The number of hydrogen-bond donors (Lipinski definition) is 2. The van der Waals surface area contributed by atoms with Crippen molar-refractivity contribution in [3.05, 3.63) is 111 Å². The zero-order valence-electron chi connectivity index (χ0n) is 37.8. The quantitative estimate of drug-likeness (QED) is 0.0932. The van der Waals surface area contributed by atoms with Gasteiger partial charge >= 0.3 is 0 Å². The van der Waals surface area contributed by atoms with Gasteiger partial charge in [-0.25, -0.2) is 13.1 Å². The van der Waals surface area contributed by atoms with E-state index in [1.165, 1.54) is 54.7 Å². The summed E-state index contributed by atoms with van der Waals surface area (Å²) >= 11 is 6.32. The third-order valence-electron chi connectivity index (χ3n) is 14.9. The van der Waals surface area contributed by atoms with Crippen LogP contribution >= 0.6 is 11.6 Å². The fourth-order valence-electron chi connectivity index (χ4n) is 11.0. The van der Waals surface area contributed by atoms with E-state index in [2.05, 4.69) is 36.7 Å². The van der Waals surface area contributed by atoms with Crippen molar-refractivity contribution < 1.29 is 27.6 Å². The van der Waals surface area contributed by atoms with Gasteiger partial charge in [0.25, 0.3) is 21.6 Å². The lowest BCUT2D eigenvalue weighted by Gasteiger charge is -2.47. The van der Waals surface area contributed by atoms with Gasteiger partial charge in [0.2, 0.25) is 5.88 Å². The first-order valence-electron chi connectivity index (χ1n) is 23.7. The summed E-state index contributed by atoms with van der Waals surface area (Å²) in [7, 11) is -4.63. The van der Waals surface area contributed by atoms with Crippen LogP contribution in [0.5, 0.6) is 5.88 Å². The standard InChI is InChI=1S/C50H54ClN9O7S/c51-38-5-3-34(4-6-38)42-29-50(13-1-14-50)15-9-36(42)32-56-18-20-57(21-19-56)39-7-8-41(43(27-39)58-17-2-22-67-49-45(58)26-35-10-16-52-47(35)54-49)48(61)55-68(64,65)40-25-37-30-53-59(31-33-11-23-66-24-12-33)46(37)44(28-40)60(62)63/h3-8,10,16,25-28,30,33H,1-2,9,11-15,17-24,29,31-32H2,(H,52,54)(H,55,61). The number of sulfonamides is 1. The van der Waals surface area contributed by atoms with Gasteiger partial charge in [-0.15, -0.1) is 0 Å². The van der Waals surface area contributed by atoms with Crippen LogP contribution in [0.1, 0.15) is 73.7 Å². The number of fused-ring (bicyclic) bond motifs is 3. The van der Waals surface area contributed by atoms with Crippen molar-refractivity contribution in [3.63, 3.8) is 0 Å². The Balaban J connectivity index is 0.884. The second-order valence-electron chi connectivity index (χ2n) is 19.1. The third-order valence-corrected chi connectivity index (χ3v) is 16.5. The van der Waals surface area contributed by atoms with Crippen LogP contribution in [0, 0.1) is 21.4 Å². The minimum absolute atomic E-state index is 0.112. The van der Waals surface area contributed by atoms with Crippen molar-refractivity contribution in [1.82, 2.24) is 29.4 Å². The first-order valence-corrected chi connectivity index (χ1v) is 25.6. The van der Waals surface area contributed by atoms with Crippen LogP contribution in [0.2, 0.25) is 5.02 Å². The molecule has 68 heavy (non-hydrogen) atoms. The predicted octanol–water partition coefficient (Wildman–Crippen LogP) is 8.87. The molecule has 18 heteroatoms. The van der Waals surface area contributed by atoms with E-state index in [0.717, 1.165) is 80.6 Å². The molecule has 3 fully saturated rings. The van der Waals surface area contributed by atoms with Crippen LogP contribution in [0.4, 0.5) is 22.7 Å². The predicted molar refractivity (Wildman–Crippen MR) is 261 cm³/mol. The minimum Gasteiger partial charge on any atom is -0.476 e. The number of H-pyrrole nitrogens is 1. The Bertz CT molecular complexity index is 3060. The number of non-ortho nitro benzene ring substituents is 1. The van der Waals surface area contributed by atoms with Crippen molar-refractivity contribution >= 4 is 77.8 Å². The molecule has 5 aliphatic rings. The number of nitro groups is 1. The van der Waals surface area contributed by atoms with Gasteiger partial charge in [-0.1, -0.05) is 35.7 Å². The maximum Gasteiger partial charge on any atom is 0.296 e. The number of nitrogens with zero attached hydrogens (tertiary/aromatic N) is 7. The Kier molecular flexibility index (Phi) is 11.9. The molecule has 16 nitrogen and oxygen atoms in total. The lowest BCUT2D eigenvalue weighted by molar-refractivity contribution is -0.383. The first-order chi connectivity index (χ1) is 33.0. The summed E-state index contributed by atoms with van der Waals surface area (Å²) in [5.41, 5.74) is 7.35. The number of aromatic nitrogens is 4. The second kappa shape index (κ2) is 18.1. The van der Waals surface area contributed by atoms with Gasteiger partial charge in [0.05, 0.1) is 33.9 Å². The van der Waals surface area contributed by atoms with Crippen LogP contribution in [0.25, 0.3) is 27.5 Å². The van der Waals surface area contributed by atoms with E-state index in [9.17, 15) is 23.3 Å². The normalized spacial score (nSPS) is 19.2. The Hall–Kier alpha value is -6.01. The van der Waals surface area contributed by atoms with Gasteiger partial charge in [0, 0.05) is 92.8 Å². The van der Waals surface area contributed by atoms with Gasteiger partial charge in [-0.2, -0.15) is 10.1 Å². The van der Waals surface area contributed by atoms with E-state index in [4.69, 9.17) is 26.1 Å². The maximum absolute atomic E-state index is 14.5. The number of ether oxygens (including phenoxy) is 2. The van der Waals surface area contributed by atoms with E-state index in [1.807, 2.05) is 41.3 Å². The van der Waals surface area contributed by atoms with Crippen molar-refractivity contribution in [2.75, 3.05) is 68.9 Å². The van der Waals surface area contributed by atoms with Crippen molar-refractivity contribution in [2.45, 2.75) is 69.2 Å². The van der Waals surface area contributed by atoms with Crippen LogP contribution in [0.3, 0.4) is 0 Å². The average molecular weight is 961 g/mol. The summed E-state index contributed by atoms with van der Waals surface area (Å²) in [6, 6.07) is 20.1. The first kappa shape index (κ1) is 44.5. The molecule has 1 saturated carbocycles. The molecule has 0 bridgehead atoms. The molecule has 3 aliphatic heterocycles. The van der Waals surface area contributed by atoms with Crippen LogP contribution in [0.15, 0.2) is 89.6 Å². The van der Waals surface area contributed by atoms with E-state index in [-0.39, 0.29) is 22.4 Å². The number of amides is 1. The second-order valence-corrected chi connectivity index (χ2v) is 21.2. The molecule has 0 unspecified atom stereocenters.